The molecule has 0 aliphatic carbocycles. The van der Waals surface area contributed by atoms with Crippen LogP contribution in [0.3, 0.4) is 0 Å². The summed E-state index contributed by atoms with van der Waals surface area (Å²) < 4.78 is 3.04. The smallest absolute Gasteiger partial charge is 0.241 e. The quantitative estimate of drug-likeness (QED) is 0.698. The molecule has 0 saturated carbocycles. The van der Waals surface area contributed by atoms with Crippen LogP contribution in [0.5, 0.6) is 0 Å². The van der Waals surface area contributed by atoms with Crippen LogP contribution in [0, 0.1) is 13.8 Å². The zero-order valence-electron chi connectivity index (χ0n) is 17.5. The van der Waals surface area contributed by atoms with Crippen LogP contribution in [0.1, 0.15) is 23.3 Å². The number of carbonyl (C=O) groups is 1. The fourth-order valence-corrected chi connectivity index (χ4v) is 4.85. The van der Waals surface area contributed by atoms with Crippen LogP contribution in [0.4, 0.5) is 5.69 Å². The zero-order chi connectivity index (χ0) is 20.5. The first-order valence-electron chi connectivity index (χ1n) is 10.0. The maximum atomic E-state index is 12.8. The van der Waals surface area contributed by atoms with Gasteiger partial charge in [0, 0.05) is 33.2 Å². The molecule has 2 aromatic heterocycles. The van der Waals surface area contributed by atoms with Crippen LogP contribution >= 0.6 is 11.3 Å². The first kappa shape index (κ1) is 20.0. The van der Waals surface area contributed by atoms with Gasteiger partial charge in [-0.2, -0.15) is 5.10 Å². The molecule has 1 atom stereocenters. The SMILES string of the molecule is Cc1nn(C)c(C)c1NC(=O)[C@@H](C)N1CCN(Cc2nc3ccccc3s2)CC1. The summed E-state index contributed by atoms with van der Waals surface area (Å²) in [5.74, 6) is 0.0313. The van der Waals surface area contributed by atoms with E-state index in [1.807, 2.05) is 33.9 Å². The Morgan fingerprint density at radius 1 is 1.21 bits per heavy atom. The molecule has 154 valence electrons. The summed E-state index contributed by atoms with van der Waals surface area (Å²) in [5, 5.41) is 8.61. The molecule has 29 heavy (non-hydrogen) atoms. The van der Waals surface area contributed by atoms with E-state index >= 15 is 0 Å². The van der Waals surface area contributed by atoms with Gasteiger partial charge in [0.05, 0.1) is 39.9 Å². The van der Waals surface area contributed by atoms with Crippen molar-refractivity contribution in [3.05, 3.63) is 40.7 Å². The van der Waals surface area contributed by atoms with E-state index in [2.05, 4.69) is 38.4 Å². The lowest BCUT2D eigenvalue weighted by atomic mass is 10.2. The molecule has 0 radical (unpaired) electrons. The number of amides is 1. The number of benzene rings is 1. The lowest BCUT2D eigenvalue weighted by molar-refractivity contribution is -0.121. The molecule has 1 fully saturated rings. The van der Waals surface area contributed by atoms with Crippen molar-refractivity contribution in [2.75, 3.05) is 31.5 Å². The number of aryl methyl sites for hydroxylation is 2. The second kappa shape index (κ2) is 8.22. The second-order valence-corrected chi connectivity index (χ2v) is 8.84. The number of nitrogens with one attached hydrogen (secondary N) is 1. The minimum absolute atomic E-state index is 0.0313. The Morgan fingerprint density at radius 2 is 1.93 bits per heavy atom. The van der Waals surface area contributed by atoms with Gasteiger partial charge in [-0.3, -0.25) is 19.3 Å². The van der Waals surface area contributed by atoms with Gasteiger partial charge in [-0.05, 0) is 32.9 Å². The number of hydrogen-bond donors (Lipinski definition) is 1. The Balaban J connectivity index is 1.32. The normalized spacial score (nSPS) is 17.0. The van der Waals surface area contributed by atoms with Crippen molar-refractivity contribution in [3.8, 4) is 0 Å². The highest BCUT2D eigenvalue weighted by molar-refractivity contribution is 7.18. The van der Waals surface area contributed by atoms with E-state index in [-0.39, 0.29) is 11.9 Å². The molecule has 8 heteroatoms. The fraction of sp³-hybridized carbons (Fsp3) is 0.476. The predicted octanol–water partition coefficient (Wildman–Crippen LogP) is 2.79. The molecule has 0 spiro atoms. The van der Waals surface area contributed by atoms with E-state index in [4.69, 9.17) is 4.98 Å². The molecule has 0 unspecified atom stereocenters. The van der Waals surface area contributed by atoms with Gasteiger partial charge in [-0.25, -0.2) is 4.98 Å². The molecule has 1 aliphatic rings. The van der Waals surface area contributed by atoms with Crippen molar-refractivity contribution in [1.82, 2.24) is 24.6 Å². The Bertz CT molecular complexity index is 985. The molecule has 1 saturated heterocycles. The van der Waals surface area contributed by atoms with Crippen molar-refractivity contribution in [2.45, 2.75) is 33.4 Å². The van der Waals surface area contributed by atoms with Gasteiger partial charge in [0.25, 0.3) is 0 Å². The largest absolute Gasteiger partial charge is 0.322 e. The molecular weight excluding hydrogens is 384 g/mol. The molecule has 0 bridgehead atoms. The first-order chi connectivity index (χ1) is 13.9. The van der Waals surface area contributed by atoms with E-state index in [0.29, 0.717) is 0 Å². The third-order valence-electron chi connectivity index (χ3n) is 5.79. The summed E-state index contributed by atoms with van der Waals surface area (Å²) in [6, 6.07) is 8.12. The summed E-state index contributed by atoms with van der Waals surface area (Å²) in [5.41, 5.74) is 3.74. The first-order valence-corrected chi connectivity index (χ1v) is 10.9. The van der Waals surface area contributed by atoms with Gasteiger partial charge in [0.2, 0.25) is 5.91 Å². The number of anilines is 1. The van der Waals surface area contributed by atoms with E-state index in [9.17, 15) is 4.79 Å². The van der Waals surface area contributed by atoms with E-state index in [1.165, 1.54) is 4.70 Å². The summed E-state index contributed by atoms with van der Waals surface area (Å²) >= 11 is 1.77. The van der Waals surface area contributed by atoms with Crippen molar-refractivity contribution in [3.63, 3.8) is 0 Å². The van der Waals surface area contributed by atoms with Crippen molar-refractivity contribution in [1.29, 1.82) is 0 Å². The lowest BCUT2D eigenvalue weighted by Gasteiger charge is -2.37. The number of carbonyl (C=O) groups excluding carboxylic acids is 1. The van der Waals surface area contributed by atoms with Gasteiger partial charge < -0.3 is 5.32 Å². The molecule has 1 aliphatic heterocycles. The maximum absolute atomic E-state index is 12.8. The minimum Gasteiger partial charge on any atom is -0.322 e. The van der Waals surface area contributed by atoms with Gasteiger partial charge in [0.1, 0.15) is 5.01 Å². The summed E-state index contributed by atoms with van der Waals surface area (Å²) in [4.78, 5) is 22.2. The number of hydrogen-bond acceptors (Lipinski definition) is 6. The predicted molar refractivity (Wildman–Crippen MR) is 117 cm³/mol. The standard InChI is InChI=1S/C21H28N6OS/c1-14-20(15(2)25(4)24-14)23-21(28)16(3)27-11-9-26(10-12-27)13-19-22-17-7-5-6-8-18(17)29-19/h5-8,16H,9-13H2,1-4H3,(H,23,28)/t16-/m1/s1. The third kappa shape index (κ3) is 4.19. The molecule has 3 aromatic rings. The van der Waals surface area contributed by atoms with Crippen molar-refractivity contribution >= 4 is 33.1 Å². The van der Waals surface area contributed by atoms with E-state index in [0.717, 1.165) is 60.3 Å². The zero-order valence-corrected chi connectivity index (χ0v) is 18.3. The van der Waals surface area contributed by atoms with Gasteiger partial charge in [-0.15, -0.1) is 11.3 Å². The number of rotatable bonds is 5. The lowest BCUT2D eigenvalue weighted by Crippen LogP contribution is -2.52. The molecule has 1 N–H and O–H groups in total. The monoisotopic (exact) mass is 412 g/mol. The molecule has 4 rings (SSSR count). The van der Waals surface area contributed by atoms with Crippen molar-refractivity contribution < 1.29 is 4.79 Å². The maximum Gasteiger partial charge on any atom is 0.241 e. The number of piperazine rings is 1. The fourth-order valence-electron chi connectivity index (χ4n) is 3.84. The highest BCUT2D eigenvalue weighted by Crippen LogP contribution is 2.23. The molecular formula is C21H28N6OS. The third-order valence-corrected chi connectivity index (χ3v) is 6.81. The van der Waals surface area contributed by atoms with Crippen LogP contribution in [0.2, 0.25) is 0 Å². The summed E-state index contributed by atoms with van der Waals surface area (Å²) in [6.07, 6.45) is 0. The van der Waals surface area contributed by atoms with E-state index in [1.54, 1.807) is 16.0 Å². The topological polar surface area (TPSA) is 66.3 Å². The Labute approximate surface area is 175 Å². The van der Waals surface area contributed by atoms with Crippen molar-refractivity contribution in [2.24, 2.45) is 7.05 Å². The summed E-state index contributed by atoms with van der Waals surface area (Å²) in [7, 11) is 1.89. The molecule has 3 heterocycles. The highest BCUT2D eigenvalue weighted by Gasteiger charge is 2.27. The number of aromatic nitrogens is 3. The number of para-hydroxylation sites is 1. The Hall–Kier alpha value is -2.29. The van der Waals surface area contributed by atoms with E-state index < -0.39 is 0 Å². The minimum atomic E-state index is -0.168. The van der Waals surface area contributed by atoms with Crippen LogP contribution < -0.4 is 5.32 Å². The van der Waals surface area contributed by atoms with Gasteiger partial charge >= 0.3 is 0 Å². The molecule has 7 nitrogen and oxygen atoms in total. The molecule has 1 aromatic carbocycles. The Morgan fingerprint density at radius 3 is 2.59 bits per heavy atom. The Kier molecular flexibility index (Phi) is 5.67. The average Bonchev–Trinajstić information content (AvgIpc) is 3.23. The number of fused-ring (bicyclic) bond motifs is 1. The molecule has 1 amide bonds. The van der Waals surface area contributed by atoms with Crippen LogP contribution in [0.25, 0.3) is 10.2 Å². The van der Waals surface area contributed by atoms with Gasteiger partial charge in [0.15, 0.2) is 0 Å². The number of nitrogens with zero attached hydrogens (tertiary/aromatic N) is 5. The number of thiazole rings is 1. The second-order valence-electron chi connectivity index (χ2n) is 7.72. The van der Waals surface area contributed by atoms with Gasteiger partial charge in [-0.1, -0.05) is 12.1 Å². The van der Waals surface area contributed by atoms with Crippen LogP contribution in [0.15, 0.2) is 24.3 Å². The average molecular weight is 413 g/mol. The van der Waals surface area contributed by atoms with Crippen LogP contribution in [-0.2, 0) is 18.4 Å². The van der Waals surface area contributed by atoms with Crippen LogP contribution in [-0.4, -0.2) is 62.7 Å². The highest BCUT2D eigenvalue weighted by atomic mass is 32.1. The summed E-state index contributed by atoms with van der Waals surface area (Å²) in [6.45, 7) is 10.4.